The highest BCUT2D eigenvalue weighted by molar-refractivity contribution is 5.98. The number of likely N-dealkylation sites (N-methyl/N-ethyl adjacent to an activating group) is 1. The second-order valence-electron chi connectivity index (χ2n) is 5.89. The third-order valence-corrected chi connectivity index (χ3v) is 4.22. The van der Waals surface area contributed by atoms with Gasteiger partial charge in [0.05, 0.1) is 7.11 Å². The van der Waals surface area contributed by atoms with Gasteiger partial charge in [-0.15, -0.1) is 0 Å². The van der Waals surface area contributed by atoms with Crippen molar-refractivity contribution < 1.29 is 15.0 Å². The highest BCUT2D eigenvalue weighted by Crippen LogP contribution is 2.22. The molecule has 3 aromatic rings. The van der Waals surface area contributed by atoms with Crippen LogP contribution in [0.5, 0.6) is 5.75 Å². The second-order valence-corrected chi connectivity index (χ2v) is 5.89. The Bertz CT molecular complexity index is 846. The molecule has 0 atom stereocenters. The number of rotatable bonds is 5. The second kappa shape index (κ2) is 8.31. The van der Waals surface area contributed by atoms with Crippen LogP contribution in [-0.2, 0) is 6.42 Å². The van der Waals surface area contributed by atoms with E-state index in [4.69, 9.17) is 4.74 Å². The molecule has 3 rings (SSSR count). The van der Waals surface area contributed by atoms with Crippen LogP contribution in [0.2, 0.25) is 0 Å². The summed E-state index contributed by atoms with van der Waals surface area (Å²) >= 11 is 0. The predicted octanol–water partition coefficient (Wildman–Crippen LogP) is 3.34. The van der Waals surface area contributed by atoms with E-state index in [0.717, 1.165) is 22.9 Å². The molecule has 0 unspecified atom stereocenters. The minimum Gasteiger partial charge on any atom is -0.497 e. The lowest BCUT2D eigenvalue weighted by Crippen LogP contribution is -2.28. The molecule has 0 saturated heterocycles. The summed E-state index contributed by atoms with van der Waals surface area (Å²) < 4.78 is 5.24. The summed E-state index contributed by atoms with van der Waals surface area (Å²) in [7, 11) is 3.50. The fraction of sp³-hybridized carbons (Fsp3) is 0.190. The van der Waals surface area contributed by atoms with Crippen molar-refractivity contribution in [1.82, 2.24) is 4.90 Å². The molecule has 0 radical (unpaired) electrons. The van der Waals surface area contributed by atoms with Crippen LogP contribution in [0.1, 0.15) is 15.9 Å². The van der Waals surface area contributed by atoms with Gasteiger partial charge in [-0.25, -0.2) is 0 Å². The summed E-state index contributed by atoms with van der Waals surface area (Å²) in [6.07, 6.45) is 0.855. The quantitative estimate of drug-likeness (QED) is 0.717. The first-order valence-corrected chi connectivity index (χ1v) is 8.04. The first kappa shape index (κ1) is 18.5. The maximum atomic E-state index is 12.6. The number of benzene rings is 3. The van der Waals surface area contributed by atoms with E-state index in [0.29, 0.717) is 12.1 Å². The largest absolute Gasteiger partial charge is 0.497 e. The average Bonchev–Trinajstić information content (AvgIpc) is 2.65. The molecule has 0 heterocycles. The van der Waals surface area contributed by atoms with Crippen molar-refractivity contribution >= 4 is 16.7 Å². The zero-order valence-corrected chi connectivity index (χ0v) is 14.5. The number of carbonyl (C=O) groups is 1. The van der Waals surface area contributed by atoms with Crippen molar-refractivity contribution in [3.05, 3.63) is 77.9 Å². The Labute approximate surface area is 148 Å². The number of carbonyl (C=O) groups excluding carboxylic acids is 1. The number of nitrogens with zero attached hydrogens (tertiary/aromatic N) is 1. The maximum Gasteiger partial charge on any atom is 0.253 e. The van der Waals surface area contributed by atoms with Gasteiger partial charge < -0.3 is 15.1 Å². The van der Waals surface area contributed by atoms with Crippen molar-refractivity contribution in [3.8, 4) is 5.75 Å². The number of fused-ring (bicyclic) bond motifs is 1. The molecule has 0 aliphatic rings. The standard InChI is InChI=1S/C21H21NO2.H2O/c1-22(13-12-16-6-4-3-5-7-16)21(23)19-9-8-18-15-20(24-2)11-10-17(18)14-19;/h3-11,14-15H,12-13H2,1-2H3;1H2. The summed E-state index contributed by atoms with van der Waals surface area (Å²) in [5.74, 6) is 0.866. The SMILES string of the molecule is COc1ccc2cc(C(=O)N(C)CCc3ccccc3)ccc2c1.O. The van der Waals surface area contributed by atoms with E-state index >= 15 is 0 Å². The summed E-state index contributed by atoms with van der Waals surface area (Å²) in [4.78, 5) is 14.4. The van der Waals surface area contributed by atoms with Gasteiger partial charge in [0.2, 0.25) is 0 Å². The molecule has 0 saturated carbocycles. The molecular formula is C21H23NO3. The molecule has 0 aliphatic carbocycles. The van der Waals surface area contributed by atoms with E-state index in [-0.39, 0.29) is 11.4 Å². The van der Waals surface area contributed by atoms with Crippen LogP contribution in [0.4, 0.5) is 0 Å². The highest BCUT2D eigenvalue weighted by Gasteiger charge is 2.12. The Hall–Kier alpha value is -2.85. The lowest BCUT2D eigenvalue weighted by Gasteiger charge is -2.17. The van der Waals surface area contributed by atoms with E-state index in [2.05, 4.69) is 12.1 Å². The molecule has 130 valence electrons. The van der Waals surface area contributed by atoms with Gasteiger partial charge in [-0.1, -0.05) is 42.5 Å². The third kappa shape index (κ3) is 4.37. The van der Waals surface area contributed by atoms with Crippen LogP contribution in [0.25, 0.3) is 10.8 Å². The van der Waals surface area contributed by atoms with Gasteiger partial charge in [0, 0.05) is 19.2 Å². The van der Waals surface area contributed by atoms with Crippen LogP contribution in [0.3, 0.4) is 0 Å². The zero-order valence-electron chi connectivity index (χ0n) is 14.5. The molecule has 25 heavy (non-hydrogen) atoms. The lowest BCUT2D eigenvalue weighted by molar-refractivity contribution is 0.0797. The summed E-state index contributed by atoms with van der Waals surface area (Å²) in [5.41, 5.74) is 1.95. The Kier molecular flexibility index (Phi) is 6.14. The Morgan fingerprint density at radius 3 is 2.36 bits per heavy atom. The molecule has 0 bridgehead atoms. The van der Waals surface area contributed by atoms with Crippen molar-refractivity contribution in [3.63, 3.8) is 0 Å². The first-order valence-electron chi connectivity index (χ1n) is 8.04. The lowest BCUT2D eigenvalue weighted by atomic mass is 10.1. The van der Waals surface area contributed by atoms with E-state index in [1.807, 2.05) is 61.6 Å². The number of ether oxygens (including phenoxy) is 1. The Morgan fingerprint density at radius 2 is 1.64 bits per heavy atom. The van der Waals surface area contributed by atoms with E-state index in [1.165, 1.54) is 5.56 Å². The van der Waals surface area contributed by atoms with Gasteiger partial charge in [-0.05, 0) is 47.0 Å². The van der Waals surface area contributed by atoms with Gasteiger partial charge in [0.1, 0.15) is 5.75 Å². The van der Waals surface area contributed by atoms with Crippen LogP contribution in [0.15, 0.2) is 66.7 Å². The maximum absolute atomic E-state index is 12.6. The molecule has 0 aliphatic heterocycles. The van der Waals surface area contributed by atoms with Gasteiger partial charge >= 0.3 is 0 Å². The zero-order chi connectivity index (χ0) is 16.9. The molecule has 0 spiro atoms. The fourth-order valence-corrected chi connectivity index (χ4v) is 2.75. The van der Waals surface area contributed by atoms with Crippen LogP contribution in [0, 0.1) is 0 Å². The Balaban J connectivity index is 0.00000225. The van der Waals surface area contributed by atoms with Crippen molar-refractivity contribution in [2.24, 2.45) is 0 Å². The summed E-state index contributed by atoms with van der Waals surface area (Å²) in [5, 5.41) is 2.11. The molecule has 3 aromatic carbocycles. The molecule has 2 N–H and O–H groups in total. The van der Waals surface area contributed by atoms with E-state index < -0.39 is 0 Å². The monoisotopic (exact) mass is 337 g/mol. The van der Waals surface area contributed by atoms with E-state index in [1.54, 1.807) is 12.0 Å². The number of hydrogen-bond donors (Lipinski definition) is 0. The van der Waals surface area contributed by atoms with E-state index in [9.17, 15) is 4.79 Å². The van der Waals surface area contributed by atoms with Crippen LogP contribution >= 0.6 is 0 Å². The number of methoxy groups -OCH3 is 1. The van der Waals surface area contributed by atoms with Gasteiger partial charge in [-0.3, -0.25) is 4.79 Å². The summed E-state index contributed by atoms with van der Waals surface area (Å²) in [6.45, 7) is 0.698. The molecule has 4 heteroatoms. The van der Waals surface area contributed by atoms with Gasteiger partial charge in [0.15, 0.2) is 0 Å². The summed E-state index contributed by atoms with van der Waals surface area (Å²) in [6, 6.07) is 21.9. The van der Waals surface area contributed by atoms with Gasteiger partial charge in [0.25, 0.3) is 5.91 Å². The fourth-order valence-electron chi connectivity index (χ4n) is 2.75. The van der Waals surface area contributed by atoms with Crippen LogP contribution < -0.4 is 4.74 Å². The smallest absolute Gasteiger partial charge is 0.253 e. The van der Waals surface area contributed by atoms with Gasteiger partial charge in [-0.2, -0.15) is 0 Å². The highest BCUT2D eigenvalue weighted by atomic mass is 16.5. The normalized spacial score (nSPS) is 10.2. The minimum absolute atomic E-state index is 0. The van der Waals surface area contributed by atoms with Crippen LogP contribution in [-0.4, -0.2) is 37.0 Å². The molecular weight excluding hydrogens is 314 g/mol. The van der Waals surface area contributed by atoms with Crippen molar-refractivity contribution in [2.75, 3.05) is 20.7 Å². The molecule has 0 fully saturated rings. The number of hydrogen-bond acceptors (Lipinski definition) is 2. The number of amides is 1. The first-order chi connectivity index (χ1) is 11.7. The average molecular weight is 337 g/mol. The predicted molar refractivity (Wildman–Crippen MR) is 101 cm³/mol. The van der Waals surface area contributed by atoms with Crippen molar-refractivity contribution in [1.29, 1.82) is 0 Å². The molecule has 1 amide bonds. The topological polar surface area (TPSA) is 61.0 Å². The Morgan fingerprint density at radius 1 is 0.960 bits per heavy atom. The molecule has 4 nitrogen and oxygen atoms in total. The third-order valence-electron chi connectivity index (χ3n) is 4.22. The molecule has 0 aromatic heterocycles. The van der Waals surface area contributed by atoms with Crippen molar-refractivity contribution in [2.45, 2.75) is 6.42 Å². The minimum atomic E-state index is 0.